The number of aromatic nitrogens is 1. The van der Waals surface area contributed by atoms with Crippen molar-refractivity contribution < 1.29 is 4.79 Å². The van der Waals surface area contributed by atoms with Gasteiger partial charge in [0.15, 0.2) is 0 Å². The molecule has 1 amide bonds. The van der Waals surface area contributed by atoms with Crippen molar-refractivity contribution in [1.29, 1.82) is 0 Å². The standard InChI is InChI=1S/C30H31N3O/c1-3-21(2)23-13-15-24(16-14-23)31-30(34)29-25-11-7-8-12-27(25)32-28-17-18-33(20-26(28)29)19-22-9-5-4-6-10-22/h4-16,21H,3,17-20H2,1-2H3,(H,31,34)/t21-/m0/s1. The highest BCUT2D eigenvalue weighted by atomic mass is 16.1. The molecule has 4 heteroatoms. The monoisotopic (exact) mass is 449 g/mol. The van der Waals surface area contributed by atoms with Crippen molar-refractivity contribution in [2.24, 2.45) is 0 Å². The average Bonchev–Trinajstić information content (AvgIpc) is 2.88. The normalized spacial score (nSPS) is 14.5. The third-order valence-electron chi connectivity index (χ3n) is 6.95. The lowest BCUT2D eigenvalue weighted by molar-refractivity contribution is 0.102. The topological polar surface area (TPSA) is 45.2 Å². The van der Waals surface area contributed by atoms with Crippen LogP contribution in [0.2, 0.25) is 0 Å². The molecule has 0 aliphatic carbocycles. The van der Waals surface area contributed by atoms with Gasteiger partial charge in [0.2, 0.25) is 0 Å². The Balaban J connectivity index is 1.47. The molecule has 0 saturated carbocycles. The maximum Gasteiger partial charge on any atom is 0.256 e. The number of nitrogens with one attached hydrogen (secondary N) is 1. The molecule has 1 aliphatic heterocycles. The van der Waals surface area contributed by atoms with Gasteiger partial charge in [-0.05, 0) is 41.7 Å². The molecule has 1 aromatic heterocycles. The number of benzene rings is 3. The minimum Gasteiger partial charge on any atom is -0.322 e. The molecule has 0 bridgehead atoms. The zero-order valence-electron chi connectivity index (χ0n) is 19.9. The van der Waals surface area contributed by atoms with E-state index in [0.717, 1.165) is 65.9 Å². The molecule has 34 heavy (non-hydrogen) atoms. The summed E-state index contributed by atoms with van der Waals surface area (Å²) in [6, 6.07) is 26.8. The predicted octanol–water partition coefficient (Wildman–Crippen LogP) is 6.56. The Labute approximate surface area is 201 Å². The first-order valence-electron chi connectivity index (χ1n) is 12.2. The third kappa shape index (κ3) is 4.59. The van der Waals surface area contributed by atoms with E-state index in [1.807, 2.05) is 42.5 Å². The van der Waals surface area contributed by atoms with Gasteiger partial charge < -0.3 is 5.32 Å². The van der Waals surface area contributed by atoms with Crippen molar-refractivity contribution in [3.8, 4) is 0 Å². The van der Waals surface area contributed by atoms with Crippen molar-refractivity contribution in [2.75, 3.05) is 11.9 Å². The number of pyridine rings is 1. The lowest BCUT2D eigenvalue weighted by Crippen LogP contribution is -2.32. The Hall–Kier alpha value is -3.50. The van der Waals surface area contributed by atoms with E-state index in [1.54, 1.807) is 0 Å². The molecule has 0 fully saturated rings. The lowest BCUT2D eigenvalue weighted by atomic mass is 9.94. The summed E-state index contributed by atoms with van der Waals surface area (Å²) in [7, 11) is 0. The first-order valence-corrected chi connectivity index (χ1v) is 12.2. The van der Waals surface area contributed by atoms with Gasteiger partial charge in [0.1, 0.15) is 0 Å². The number of nitrogens with zero attached hydrogens (tertiary/aromatic N) is 2. The molecular weight excluding hydrogens is 418 g/mol. The summed E-state index contributed by atoms with van der Waals surface area (Å²) >= 11 is 0. The van der Waals surface area contributed by atoms with Crippen LogP contribution in [-0.4, -0.2) is 22.3 Å². The summed E-state index contributed by atoms with van der Waals surface area (Å²) in [5.41, 5.74) is 7.13. The van der Waals surface area contributed by atoms with Crippen molar-refractivity contribution in [3.63, 3.8) is 0 Å². The smallest absolute Gasteiger partial charge is 0.256 e. The summed E-state index contributed by atoms with van der Waals surface area (Å²) in [5, 5.41) is 4.08. The summed E-state index contributed by atoms with van der Waals surface area (Å²) in [5.74, 6) is 0.448. The molecule has 1 atom stereocenters. The number of anilines is 1. The fraction of sp³-hybridized carbons (Fsp3) is 0.267. The number of para-hydroxylation sites is 1. The first-order chi connectivity index (χ1) is 16.6. The quantitative estimate of drug-likeness (QED) is 0.363. The van der Waals surface area contributed by atoms with Crippen molar-refractivity contribution in [1.82, 2.24) is 9.88 Å². The second kappa shape index (κ2) is 9.78. The highest BCUT2D eigenvalue weighted by Crippen LogP contribution is 2.30. The minimum absolute atomic E-state index is 0.0623. The second-order valence-corrected chi connectivity index (χ2v) is 9.26. The average molecular weight is 450 g/mol. The van der Waals surface area contributed by atoms with Crippen LogP contribution in [0.15, 0.2) is 78.9 Å². The number of fused-ring (bicyclic) bond motifs is 2. The number of amides is 1. The van der Waals surface area contributed by atoms with Crippen molar-refractivity contribution in [2.45, 2.75) is 45.7 Å². The number of hydrogen-bond acceptors (Lipinski definition) is 3. The molecule has 1 aliphatic rings. The van der Waals surface area contributed by atoms with Crippen LogP contribution in [0.3, 0.4) is 0 Å². The van der Waals surface area contributed by atoms with Crippen molar-refractivity contribution >= 4 is 22.5 Å². The van der Waals surface area contributed by atoms with E-state index in [9.17, 15) is 4.79 Å². The van der Waals surface area contributed by atoms with Gasteiger partial charge in [-0.15, -0.1) is 0 Å². The Morgan fingerprint density at radius 1 is 1.00 bits per heavy atom. The number of hydrogen-bond donors (Lipinski definition) is 1. The van der Waals surface area contributed by atoms with Gasteiger partial charge in [0.05, 0.1) is 11.1 Å². The zero-order valence-corrected chi connectivity index (χ0v) is 19.9. The van der Waals surface area contributed by atoms with Crippen LogP contribution in [-0.2, 0) is 19.5 Å². The number of carbonyl (C=O) groups excluding carboxylic acids is 1. The molecule has 1 N–H and O–H groups in total. The Bertz CT molecular complexity index is 1300. The molecule has 2 heterocycles. The van der Waals surface area contributed by atoms with Gasteiger partial charge >= 0.3 is 0 Å². The van der Waals surface area contributed by atoms with Crippen LogP contribution >= 0.6 is 0 Å². The van der Waals surface area contributed by atoms with Gasteiger partial charge in [-0.2, -0.15) is 0 Å². The Morgan fingerprint density at radius 2 is 1.74 bits per heavy atom. The van der Waals surface area contributed by atoms with E-state index >= 15 is 0 Å². The van der Waals surface area contributed by atoms with Crippen LogP contribution in [0, 0.1) is 0 Å². The maximum atomic E-state index is 13.7. The fourth-order valence-corrected chi connectivity index (χ4v) is 4.81. The highest BCUT2D eigenvalue weighted by Gasteiger charge is 2.26. The van der Waals surface area contributed by atoms with Gasteiger partial charge in [0, 0.05) is 48.4 Å². The SMILES string of the molecule is CC[C@H](C)c1ccc(NC(=O)c2c3c(nc4ccccc24)CCN(Cc2ccccc2)C3)cc1. The Kier molecular flexibility index (Phi) is 6.41. The fourth-order valence-electron chi connectivity index (χ4n) is 4.81. The molecule has 4 aromatic rings. The van der Waals surface area contributed by atoms with E-state index in [-0.39, 0.29) is 5.91 Å². The zero-order chi connectivity index (χ0) is 23.5. The maximum absolute atomic E-state index is 13.7. The summed E-state index contributed by atoms with van der Waals surface area (Å²) < 4.78 is 0. The van der Waals surface area contributed by atoms with Crippen LogP contribution in [0.5, 0.6) is 0 Å². The molecule has 0 spiro atoms. The highest BCUT2D eigenvalue weighted by molar-refractivity contribution is 6.13. The van der Waals surface area contributed by atoms with E-state index in [0.29, 0.717) is 5.92 Å². The summed E-state index contributed by atoms with van der Waals surface area (Å²) in [4.78, 5) is 21.0. The van der Waals surface area contributed by atoms with Gasteiger partial charge in [0.25, 0.3) is 5.91 Å². The van der Waals surface area contributed by atoms with E-state index in [2.05, 4.69) is 60.5 Å². The largest absolute Gasteiger partial charge is 0.322 e. The van der Waals surface area contributed by atoms with Gasteiger partial charge in [-0.1, -0.05) is 74.5 Å². The molecule has 4 nitrogen and oxygen atoms in total. The molecule has 172 valence electrons. The van der Waals surface area contributed by atoms with E-state index < -0.39 is 0 Å². The van der Waals surface area contributed by atoms with Crippen molar-refractivity contribution in [3.05, 3.63) is 107 Å². The molecule has 0 radical (unpaired) electrons. The van der Waals surface area contributed by atoms with E-state index in [1.165, 1.54) is 11.1 Å². The van der Waals surface area contributed by atoms with Crippen LogP contribution in [0.1, 0.15) is 58.9 Å². The van der Waals surface area contributed by atoms with Crippen LogP contribution < -0.4 is 5.32 Å². The predicted molar refractivity (Wildman–Crippen MR) is 139 cm³/mol. The summed E-state index contributed by atoms with van der Waals surface area (Å²) in [6.07, 6.45) is 1.94. The lowest BCUT2D eigenvalue weighted by Gasteiger charge is -2.30. The molecule has 3 aromatic carbocycles. The van der Waals surface area contributed by atoms with Crippen LogP contribution in [0.25, 0.3) is 10.9 Å². The minimum atomic E-state index is -0.0623. The summed E-state index contributed by atoms with van der Waals surface area (Å²) in [6.45, 7) is 6.94. The molecule has 0 unspecified atom stereocenters. The van der Waals surface area contributed by atoms with Crippen LogP contribution in [0.4, 0.5) is 5.69 Å². The number of carbonyl (C=O) groups is 1. The van der Waals surface area contributed by atoms with Gasteiger partial charge in [-0.25, -0.2) is 0 Å². The van der Waals surface area contributed by atoms with Gasteiger partial charge in [-0.3, -0.25) is 14.7 Å². The molecular formula is C30H31N3O. The number of rotatable bonds is 6. The van der Waals surface area contributed by atoms with E-state index in [4.69, 9.17) is 4.98 Å². The second-order valence-electron chi connectivity index (χ2n) is 9.26. The first kappa shape index (κ1) is 22.3. The Morgan fingerprint density at radius 3 is 2.50 bits per heavy atom. The molecule has 0 saturated heterocycles. The molecule has 5 rings (SSSR count). The third-order valence-corrected chi connectivity index (χ3v) is 6.95.